The Morgan fingerprint density at radius 1 is 1.03 bits per heavy atom. The average molecular weight is 476 g/mol. The number of pyridine rings is 1. The van der Waals surface area contributed by atoms with Crippen molar-refractivity contribution in [1.29, 1.82) is 0 Å². The molecule has 3 heterocycles. The van der Waals surface area contributed by atoms with Crippen molar-refractivity contribution in [2.45, 2.75) is 0 Å². The van der Waals surface area contributed by atoms with Gasteiger partial charge in [0.1, 0.15) is 0 Å². The molecule has 5 rings (SSSR count). The van der Waals surface area contributed by atoms with E-state index in [2.05, 4.69) is 30.9 Å². The summed E-state index contributed by atoms with van der Waals surface area (Å²) in [4.78, 5) is 19.4. The number of nitrogens with zero attached hydrogens (tertiary/aromatic N) is 4. The highest BCUT2D eigenvalue weighted by Crippen LogP contribution is 2.24. The minimum absolute atomic E-state index is 0.0706. The predicted molar refractivity (Wildman–Crippen MR) is 135 cm³/mol. The minimum atomic E-state index is -0.0706. The van der Waals surface area contributed by atoms with Gasteiger partial charge >= 0.3 is 0 Å². The number of hydrogen-bond acceptors (Lipinski definition) is 6. The number of carbonyl (C=O) groups is 1. The maximum atomic E-state index is 12.5. The van der Waals surface area contributed by atoms with E-state index >= 15 is 0 Å². The zero-order valence-electron chi connectivity index (χ0n) is 18.7. The first-order chi connectivity index (χ1) is 16.7. The molecule has 0 saturated carbocycles. The number of halogens is 1. The fourth-order valence-electron chi connectivity index (χ4n) is 4.02. The van der Waals surface area contributed by atoms with Crippen LogP contribution in [0.5, 0.6) is 0 Å². The van der Waals surface area contributed by atoms with Crippen molar-refractivity contribution in [2.24, 2.45) is 0 Å². The maximum absolute atomic E-state index is 12.5. The molecule has 34 heavy (non-hydrogen) atoms. The van der Waals surface area contributed by atoms with Crippen LogP contribution < -0.4 is 16.0 Å². The van der Waals surface area contributed by atoms with Crippen LogP contribution in [0.3, 0.4) is 0 Å². The van der Waals surface area contributed by atoms with E-state index in [0.29, 0.717) is 23.1 Å². The Morgan fingerprint density at radius 3 is 2.62 bits per heavy atom. The Kier molecular flexibility index (Phi) is 6.71. The van der Waals surface area contributed by atoms with Gasteiger partial charge in [0.2, 0.25) is 5.95 Å². The molecule has 3 N–H and O–H groups in total. The lowest BCUT2D eigenvalue weighted by atomic mass is 10.1. The molecule has 0 atom stereocenters. The molecule has 0 aliphatic carbocycles. The van der Waals surface area contributed by atoms with Gasteiger partial charge in [0.25, 0.3) is 5.91 Å². The van der Waals surface area contributed by atoms with E-state index in [1.165, 1.54) is 0 Å². The van der Waals surface area contributed by atoms with Gasteiger partial charge in [-0.1, -0.05) is 29.8 Å². The molecule has 1 aliphatic heterocycles. The second-order valence-electron chi connectivity index (χ2n) is 8.18. The molecule has 1 fully saturated rings. The van der Waals surface area contributed by atoms with Crippen LogP contribution in [0.1, 0.15) is 10.4 Å². The first-order valence-corrected chi connectivity index (χ1v) is 11.7. The molecule has 0 spiro atoms. The van der Waals surface area contributed by atoms with Crippen LogP contribution in [-0.2, 0) is 0 Å². The SMILES string of the molecule is O=C(NCCN1CCNCC1)c1ccc(Nc2nc3cccc(-c4cccc(Cl)c4)n3n2)cc1. The predicted octanol–water partition coefficient (Wildman–Crippen LogP) is 3.43. The number of carbonyl (C=O) groups excluding carboxylic acids is 1. The quantitative estimate of drug-likeness (QED) is 0.379. The topological polar surface area (TPSA) is 86.6 Å². The van der Waals surface area contributed by atoms with Gasteiger partial charge in [-0.3, -0.25) is 9.69 Å². The molecule has 9 heteroatoms. The first kappa shape index (κ1) is 22.3. The molecule has 4 aromatic rings. The lowest BCUT2D eigenvalue weighted by Gasteiger charge is -2.27. The van der Waals surface area contributed by atoms with E-state index in [0.717, 1.165) is 55.3 Å². The number of rotatable bonds is 7. The van der Waals surface area contributed by atoms with Crippen LogP contribution >= 0.6 is 11.6 Å². The highest BCUT2D eigenvalue weighted by Gasteiger charge is 2.12. The second kappa shape index (κ2) is 10.2. The Bertz CT molecular complexity index is 1280. The Morgan fingerprint density at radius 2 is 1.82 bits per heavy atom. The van der Waals surface area contributed by atoms with Gasteiger partial charge < -0.3 is 16.0 Å². The molecule has 1 amide bonds. The molecule has 1 saturated heterocycles. The van der Waals surface area contributed by atoms with Gasteiger partial charge in [0, 0.05) is 61.1 Å². The van der Waals surface area contributed by atoms with Gasteiger partial charge in [-0.25, -0.2) is 4.52 Å². The third kappa shape index (κ3) is 5.20. The minimum Gasteiger partial charge on any atom is -0.351 e. The number of benzene rings is 2. The molecule has 1 aliphatic rings. The standard InChI is InChI=1S/C25H26ClN7O/c26-20-4-1-3-19(17-20)22-5-2-6-23-30-25(31-33(22)23)29-21-9-7-18(8-10-21)24(34)28-13-16-32-14-11-27-12-15-32/h1-10,17,27H,11-16H2,(H,28,34)(H,29,31). The van der Waals surface area contributed by atoms with Gasteiger partial charge in [-0.2, -0.15) is 4.98 Å². The number of fused-ring (bicyclic) bond motifs is 1. The average Bonchev–Trinajstić information content (AvgIpc) is 3.27. The summed E-state index contributed by atoms with van der Waals surface area (Å²) in [5, 5.41) is 14.8. The third-order valence-electron chi connectivity index (χ3n) is 5.81. The summed E-state index contributed by atoms with van der Waals surface area (Å²) >= 11 is 6.17. The zero-order chi connectivity index (χ0) is 23.3. The zero-order valence-corrected chi connectivity index (χ0v) is 19.4. The highest BCUT2D eigenvalue weighted by atomic mass is 35.5. The summed E-state index contributed by atoms with van der Waals surface area (Å²) < 4.78 is 1.79. The van der Waals surface area contributed by atoms with Gasteiger partial charge in [-0.05, 0) is 48.5 Å². The molecule has 0 radical (unpaired) electrons. The molecular formula is C25H26ClN7O. The summed E-state index contributed by atoms with van der Waals surface area (Å²) in [7, 11) is 0. The molecule has 0 bridgehead atoms. The second-order valence-corrected chi connectivity index (χ2v) is 8.61. The molecule has 8 nitrogen and oxygen atoms in total. The molecule has 2 aromatic carbocycles. The molecule has 0 unspecified atom stereocenters. The lowest BCUT2D eigenvalue weighted by Crippen LogP contribution is -2.46. The van der Waals surface area contributed by atoms with Gasteiger partial charge in [-0.15, -0.1) is 5.10 Å². The number of piperazine rings is 1. The smallest absolute Gasteiger partial charge is 0.251 e. The fourth-order valence-corrected chi connectivity index (χ4v) is 4.21. The molecular weight excluding hydrogens is 450 g/mol. The van der Waals surface area contributed by atoms with Crippen LogP contribution in [0.4, 0.5) is 11.6 Å². The first-order valence-electron chi connectivity index (χ1n) is 11.4. The maximum Gasteiger partial charge on any atom is 0.251 e. The fraction of sp³-hybridized carbons (Fsp3) is 0.240. The third-order valence-corrected chi connectivity index (χ3v) is 6.04. The van der Waals surface area contributed by atoms with E-state index < -0.39 is 0 Å². The van der Waals surface area contributed by atoms with E-state index in [9.17, 15) is 4.79 Å². The normalized spacial score (nSPS) is 14.3. The van der Waals surface area contributed by atoms with Crippen LogP contribution in [0.15, 0.2) is 66.7 Å². The number of nitrogens with one attached hydrogen (secondary N) is 3. The molecule has 174 valence electrons. The van der Waals surface area contributed by atoms with E-state index in [4.69, 9.17) is 11.6 Å². The van der Waals surface area contributed by atoms with E-state index in [1.54, 1.807) is 16.6 Å². The Labute approximate surface area is 202 Å². The van der Waals surface area contributed by atoms with E-state index in [-0.39, 0.29) is 5.91 Å². The highest BCUT2D eigenvalue weighted by molar-refractivity contribution is 6.30. The van der Waals surface area contributed by atoms with Crippen molar-refractivity contribution in [3.63, 3.8) is 0 Å². The van der Waals surface area contributed by atoms with E-state index in [1.807, 2.05) is 54.6 Å². The largest absolute Gasteiger partial charge is 0.351 e. The van der Waals surface area contributed by atoms with Crippen molar-refractivity contribution in [2.75, 3.05) is 44.6 Å². The van der Waals surface area contributed by atoms with Crippen molar-refractivity contribution in [3.05, 3.63) is 77.3 Å². The van der Waals surface area contributed by atoms with Crippen molar-refractivity contribution in [1.82, 2.24) is 30.1 Å². The van der Waals surface area contributed by atoms with Crippen molar-refractivity contribution in [3.8, 4) is 11.3 Å². The Hall–Kier alpha value is -3.46. The summed E-state index contributed by atoms with van der Waals surface area (Å²) in [6.07, 6.45) is 0. The van der Waals surface area contributed by atoms with Crippen molar-refractivity contribution < 1.29 is 4.79 Å². The molecule has 2 aromatic heterocycles. The van der Waals surface area contributed by atoms with Crippen LogP contribution in [-0.4, -0.2) is 64.7 Å². The number of hydrogen-bond donors (Lipinski definition) is 3. The lowest BCUT2D eigenvalue weighted by molar-refractivity contribution is 0.0947. The number of amides is 1. The van der Waals surface area contributed by atoms with Gasteiger partial charge in [0.15, 0.2) is 5.65 Å². The monoisotopic (exact) mass is 475 g/mol. The summed E-state index contributed by atoms with van der Waals surface area (Å²) in [6, 6.07) is 20.8. The summed E-state index contributed by atoms with van der Waals surface area (Å²) in [5.41, 5.74) is 4.00. The Balaban J connectivity index is 1.23. The van der Waals surface area contributed by atoms with Gasteiger partial charge in [0.05, 0.1) is 5.69 Å². The van der Waals surface area contributed by atoms with Crippen LogP contribution in [0, 0.1) is 0 Å². The van der Waals surface area contributed by atoms with Crippen molar-refractivity contribution >= 4 is 34.8 Å². The van der Waals surface area contributed by atoms with Crippen LogP contribution in [0.25, 0.3) is 16.9 Å². The summed E-state index contributed by atoms with van der Waals surface area (Å²) in [6.45, 7) is 5.56. The summed E-state index contributed by atoms with van der Waals surface area (Å²) in [5.74, 6) is 0.404. The number of anilines is 2. The number of aromatic nitrogens is 3. The van der Waals surface area contributed by atoms with Crippen LogP contribution in [0.2, 0.25) is 5.02 Å².